The summed E-state index contributed by atoms with van der Waals surface area (Å²) in [7, 11) is 3.60. The predicted octanol–water partition coefficient (Wildman–Crippen LogP) is 3.10. The molecule has 2 N–H and O–H groups in total. The Bertz CT molecular complexity index is 629. The third-order valence-corrected chi connectivity index (χ3v) is 6.07. The van der Waals surface area contributed by atoms with Crippen LogP contribution in [0.15, 0.2) is 29.3 Å². The van der Waals surface area contributed by atoms with E-state index in [4.69, 9.17) is 4.74 Å². The molecule has 6 heteroatoms. The van der Waals surface area contributed by atoms with Crippen molar-refractivity contribution in [3.63, 3.8) is 0 Å². The van der Waals surface area contributed by atoms with Crippen LogP contribution in [0.4, 0.5) is 5.69 Å². The summed E-state index contributed by atoms with van der Waals surface area (Å²) in [5.74, 6) is 1.87. The number of piperidine rings is 1. The molecule has 0 aromatic heterocycles. The second kappa shape index (κ2) is 11.9. The molecule has 2 fully saturated rings. The molecule has 2 aliphatic heterocycles. The summed E-state index contributed by atoms with van der Waals surface area (Å²) in [5.41, 5.74) is 1.18. The first kappa shape index (κ1) is 21.8. The average molecular weight is 402 g/mol. The van der Waals surface area contributed by atoms with Crippen molar-refractivity contribution in [2.24, 2.45) is 4.99 Å². The number of unbranched alkanes of at least 4 members (excludes halogenated alkanes) is 2. The first-order chi connectivity index (χ1) is 14.3. The first-order valence-electron chi connectivity index (χ1n) is 11.4. The van der Waals surface area contributed by atoms with Crippen molar-refractivity contribution in [1.29, 1.82) is 0 Å². The van der Waals surface area contributed by atoms with Gasteiger partial charge in [-0.25, -0.2) is 0 Å². The maximum Gasteiger partial charge on any atom is 0.191 e. The fourth-order valence-electron chi connectivity index (χ4n) is 4.40. The van der Waals surface area contributed by atoms with Gasteiger partial charge in [-0.2, -0.15) is 0 Å². The first-order valence-corrected chi connectivity index (χ1v) is 11.4. The lowest BCUT2D eigenvalue weighted by Gasteiger charge is -2.26. The highest BCUT2D eigenvalue weighted by atomic mass is 16.5. The SMILES string of the molecule is CN=C(NCCCCCN1CCCCC1)NC1CCN(c2ccccc2OC)C1. The minimum Gasteiger partial charge on any atom is -0.495 e. The number of para-hydroxylation sites is 2. The van der Waals surface area contributed by atoms with Crippen molar-refractivity contribution in [1.82, 2.24) is 15.5 Å². The van der Waals surface area contributed by atoms with Gasteiger partial charge < -0.3 is 25.2 Å². The summed E-state index contributed by atoms with van der Waals surface area (Å²) in [6, 6.07) is 8.67. The van der Waals surface area contributed by atoms with E-state index in [9.17, 15) is 0 Å². The van der Waals surface area contributed by atoms with E-state index < -0.39 is 0 Å². The molecule has 1 aromatic carbocycles. The van der Waals surface area contributed by atoms with Crippen LogP contribution in [0.1, 0.15) is 44.9 Å². The molecule has 1 unspecified atom stereocenters. The van der Waals surface area contributed by atoms with Gasteiger partial charge in [0.25, 0.3) is 0 Å². The van der Waals surface area contributed by atoms with Gasteiger partial charge in [-0.15, -0.1) is 0 Å². The molecule has 162 valence electrons. The molecule has 2 saturated heterocycles. The van der Waals surface area contributed by atoms with Gasteiger partial charge in [0.2, 0.25) is 0 Å². The van der Waals surface area contributed by atoms with Crippen molar-refractivity contribution >= 4 is 11.6 Å². The number of methoxy groups -OCH3 is 1. The molecule has 0 spiro atoms. The second-order valence-corrected chi connectivity index (χ2v) is 8.21. The Morgan fingerprint density at radius 2 is 1.93 bits per heavy atom. The summed E-state index contributed by atoms with van der Waals surface area (Å²) in [6.07, 6.45) is 9.10. The fourth-order valence-corrected chi connectivity index (χ4v) is 4.40. The number of rotatable bonds is 9. The van der Waals surface area contributed by atoms with E-state index in [-0.39, 0.29) is 0 Å². The third kappa shape index (κ3) is 6.81. The zero-order chi connectivity index (χ0) is 20.3. The molecular formula is C23H39N5O. The molecule has 0 bridgehead atoms. The number of aliphatic imine (C=N–C) groups is 1. The molecule has 1 aromatic rings. The van der Waals surface area contributed by atoms with Crippen LogP contribution in [-0.2, 0) is 0 Å². The summed E-state index contributed by atoms with van der Waals surface area (Å²) < 4.78 is 5.52. The second-order valence-electron chi connectivity index (χ2n) is 8.21. The van der Waals surface area contributed by atoms with E-state index in [2.05, 4.69) is 37.6 Å². The lowest BCUT2D eigenvalue weighted by molar-refractivity contribution is 0.224. The zero-order valence-electron chi connectivity index (χ0n) is 18.3. The summed E-state index contributed by atoms with van der Waals surface area (Å²) in [6.45, 7) is 6.88. The van der Waals surface area contributed by atoms with Gasteiger partial charge in [0, 0.05) is 32.7 Å². The number of benzene rings is 1. The Morgan fingerprint density at radius 3 is 2.72 bits per heavy atom. The van der Waals surface area contributed by atoms with Crippen LogP contribution in [0.25, 0.3) is 0 Å². The molecule has 6 nitrogen and oxygen atoms in total. The zero-order valence-corrected chi connectivity index (χ0v) is 18.3. The standard InChI is InChI=1S/C23H39N5O/c1-24-23(25-14-7-3-8-15-27-16-9-4-10-17-27)26-20-13-18-28(19-20)21-11-5-6-12-22(21)29-2/h5-6,11-12,20H,3-4,7-10,13-19H2,1-2H3,(H2,24,25,26). The average Bonchev–Trinajstić information content (AvgIpc) is 3.24. The molecule has 3 rings (SSSR count). The number of anilines is 1. The van der Waals surface area contributed by atoms with Crippen LogP contribution < -0.4 is 20.3 Å². The number of nitrogens with zero attached hydrogens (tertiary/aromatic N) is 3. The van der Waals surface area contributed by atoms with E-state index >= 15 is 0 Å². The normalized spacial score (nSPS) is 20.7. The quantitative estimate of drug-likeness (QED) is 0.378. The van der Waals surface area contributed by atoms with Gasteiger partial charge in [0.15, 0.2) is 5.96 Å². The Hall–Kier alpha value is -1.95. The van der Waals surface area contributed by atoms with Crippen molar-refractivity contribution < 1.29 is 4.74 Å². The summed E-state index contributed by atoms with van der Waals surface area (Å²) in [5, 5.41) is 7.09. The topological polar surface area (TPSA) is 52.1 Å². The van der Waals surface area contributed by atoms with Crippen LogP contribution in [0.2, 0.25) is 0 Å². The van der Waals surface area contributed by atoms with E-state index in [0.717, 1.165) is 37.8 Å². The Kier molecular flexibility index (Phi) is 8.93. The van der Waals surface area contributed by atoms with Gasteiger partial charge >= 0.3 is 0 Å². The highest BCUT2D eigenvalue weighted by molar-refractivity contribution is 5.80. The van der Waals surface area contributed by atoms with Gasteiger partial charge in [-0.3, -0.25) is 4.99 Å². The van der Waals surface area contributed by atoms with Crippen LogP contribution in [-0.4, -0.2) is 70.3 Å². The lowest BCUT2D eigenvalue weighted by Crippen LogP contribution is -2.44. The third-order valence-electron chi connectivity index (χ3n) is 6.07. The van der Waals surface area contributed by atoms with Crippen molar-refractivity contribution in [2.45, 2.75) is 51.0 Å². The van der Waals surface area contributed by atoms with E-state index in [1.165, 1.54) is 63.8 Å². The van der Waals surface area contributed by atoms with Gasteiger partial charge in [0.1, 0.15) is 5.75 Å². The Labute approximate surface area is 176 Å². The minimum atomic E-state index is 0.408. The molecule has 0 saturated carbocycles. The van der Waals surface area contributed by atoms with Gasteiger partial charge in [-0.05, 0) is 63.9 Å². The van der Waals surface area contributed by atoms with Crippen molar-refractivity contribution in [3.8, 4) is 5.75 Å². The monoisotopic (exact) mass is 401 g/mol. The van der Waals surface area contributed by atoms with Gasteiger partial charge in [-0.1, -0.05) is 25.0 Å². The van der Waals surface area contributed by atoms with Crippen LogP contribution in [0.5, 0.6) is 5.75 Å². The van der Waals surface area contributed by atoms with Gasteiger partial charge in [0.05, 0.1) is 12.8 Å². The summed E-state index contributed by atoms with van der Waals surface area (Å²) >= 11 is 0. The number of guanidine groups is 1. The van der Waals surface area contributed by atoms with Crippen LogP contribution in [0.3, 0.4) is 0 Å². The smallest absolute Gasteiger partial charge is 0.191 e. The number of hydrogen-bond donors (Lipinski definition) is 2. The molecule has 29 heavy (non-hydrogen) atoms. The molecule has 2 aliphatic rings. The molecule has 0 aliphatic carbocycles. The minimum absolute atomic E-state index is 0.408. The number of hydrogen-bond acceptors (Lipinski definition) is 4. The highest BCUT2D eigenvalue weighted by Crippen LogP contribution is 2.30. The lowest BCUT2D eigenvalue weighted by atomic mass is 10.1. The Morgan fingerprint density at radius 1 is 1.10 bits per heavy atom. The number of nitrogens with one attached hydrogen (secondary N) is 2. The fraction of sp³-hybridized carbons (Fsp3) is 0.696. The van der Waals surface area contributed by atoms with E-state index in [1.54, 1.807) is 7.11 Å². The van der Waals surface area contributed by atoms with Crippen molar-refractivity contribution in [2.75, 3.05) is 58.3 Å². The maximum absolute atomic E-state index is 5.52. The van der Waals surface area contributed by atoms with Crippen LogP contribution >= 0.6 is 0 Å². The molecule has 0 amide bonds. The number of likely N-dealkylation sites (tertiary alicyclic amines) is 1. The van der Waals surface area contributed by atoms with Crippen LogP contribution in [0, 0.1) is 0 Å². The maximum atomic E-state index is 5.52. The molecule has 0 radical (unpaired) electrons. The molecular weight excluding hydrogens is 362 g/mol. The largest absolute Gasteiger partial charge is 0.495 e. The Balaban J connectivity index is 1.32. The van der Waals surface area contributed by atoms with Crippen molar-refractivity contribution in [3.05, 3.63) is 24.3 Å². The predicted molar refractivity (Wildman–Crippen MR) is 122 cm³/mol. The molecule has 1 atom stereocenters. The molecule has 2 heterocycles. The highest BCUT2D eigenvalue weighted by Gasteiger charge is 2.25. The summed E-state index contributed by atoms with van der Waals surface area (Å²) in [4.78, 5) is 9.44. The van der Waals surface area contributed by atoms with E-state index in [1.807, 2.05) is 19.2 Å². The van der Waals surface area contributed by atoms with E-state index in [0.29, 0.717) is 6.04 Å². The number of ether oxygens (including phenoxy) is 1.